The highest BCUT2D eigenvalue weighted by Crippen LogP contribution is 2.30. The summed E-state index contributed by atoms with van der Waals surface area (Å²) in [6.07, 6.45) is 0.552. The van der Waals surface area contributed by atoms with Crippen molar-refractivity contribution < 1.29 is 14.3 Å². The minimum absolute atomic E-state index is 0.0420. The van der Waals surface area contributed by atoms with Crippen molar-refractivity contribution in [2.75, 3.05) is 11.9 Å². The molecule has 4 rings (SSSR count). The average molecular weight is 435 g/mol. The summed E-state index contributed by atoms with van der Waals surface area (Å²) in [6.45, 7) is 2.85. The number of nitrogens with one attached hydrogen (secondary N) is 2. The number of hydrogen-bond acceptors (Lipinski definition) is 3. The van der Waals surface area contributed by atoms with Gasteiger partial charge in [0.2, 0.25) is 5.91 Å². The Kier molecular flexibility index (Phi) is 6.23. The number of halogens is 1. The summed E-state index contributed by atoms with van der Waals surface area (Å²) in [5, 5.41) is 6.37. The third-order valence-corrected chi connectivity index (χ3v) is 5.50. The first kappa shape index (κ1) is 20.9. The van der Waals surface area contributed by atoms with Gasteiger partial charge in [0.1, 0.15) is 12.4 Å². The maximum absolute atomic E-state index is 12.7. The van der Waals surface area contributed by atoms with Gasteiger partial charge in [-0.05, 0) is 60.9 Å². The summed E-state index contributed by atoms with van der Waals surface area (Å²) in [5.41, 5.74) is 4.27. The topological polar surface area (TPSA) is 67.4 Å². The van der Waals surface area contributed by atoms with Crippen molar-refractivity contribution in [3.63, 3.8) is 0 Å². The third kappa shape index (κ3) is 5.25. The van der Waals surface area contributed by atoms with Crippen LogP contribution in [0.2, 0.25) is 5.02 Å². The lowest BCUT2D eigenvalue weighted by molar-refractivity contribution is -0.126. The van der Waals surface area contributed by atoms with Crippen LogP contribution in [-0.4, -0.2) is 18.4 Å². The lowest BCUT2D eigenvalue weighted by atomic mass is 9.95. The summed E-state index contributed by atoms with van der Waals surface area (Å²) in [6, 6.07) is 20.3. The second-order valence-electron chi connectivity index (χ2n) is 7.70. The fourth-order valence-electron chi connectivity index (χ4n) is 3.51. The van der Waals surface area contributed by atoms with Crippen molar-refractivity contribution in [3.05, 3.63) is 94.0 Å². The molecule has 0 aromatic heterocycles. The molecule has 2 amide bonds. The van der Waals surface area contributed by atoms with Crippen LogP contribution < -0.4 is 15.4 Å². The molecule has 0 saturated heterocycles. The van der Waals surface area contributed by atoms with Crippen LogP contribution in [-0.2, 0) is 17.8 Å². The molecule has 3 aromatic carbocycles. The number of aryl methyl sites for hydroxylation is 1. The summed E-state index contributed by atoms with van der Waals surface area (Å²) >= 11 is 5.97. The minimum atomic E-state index is -0.281. The SMILES string of the molecule is Cc1ccc(CNC(=O)C2COc3ccc(NC(=O)c4cccc(Cl)c4)cc3C2)cc1. The monoisotopic (exact) mass is 434 g/mol. The first-order chi connectivity index (χ1) is 15.0. The maximum Gasteiger partial charge on any atom is 0.255 e. The Bertz CT molecular complexity index is 1110. The highest BCUT2D eigenvalue weighted by Gasteiger charge is 2.26. The fourth-order valence-corrected chi connectivity index (χ4v) is 3.70. The van der Waals surface area contributed by atoms with E-state index in [9.17, 15) is 9.59 Å². The molecule has 1 aliphatic rings. The Hall–Kier alpha value is -3.31. The number of ether oxygens (including phenoxy) is 1. The van der Waals surface area contributed by atoms with Crippen LogP contribution in [0.25, 0.3) is 0 Å². The Morgan fingerprint density at radius 3 is 2.65 bits per heavy atom. The molecule has 0 fully saturated rings. The number of benzene rings is 3. The second-order valence-corrected chi connectivity index (χ2v) is 8.14. The van der Waals surface area contributed by atoms with Crippen LogP contribution in [0.4, 0.5) is 5.69 Å². The molecular formula is C25H23ClN2O3. The van der Waals surface area contributed by atoms with Crippen molar-refractivity contribution in [1.29, 1.82) is 0 Å². The molecule has 0 spiro atoms. The quantitative estimate of drug-likeness (QED) is 0.608. The molecule has 5 nitrogen and oxygen atoms in total. The predicted octanol–water partition coefficient (Wildman–Crippen LogP) is 4.77. The molecule has 31 heavy (non-hydrogen) atoms. The Labute approximate surface area is 186 Å². The van der Waals surface area contributed by atoms with Gasteiger partial charge in [-0.3, -0.25) is 9.59 Å². The van der Waals surface area contributed by atoms with Gasteiger partial charge in [-0.2, -0.15) is 0 Å². The Morgan fingerprint density at radius 1 is 1.06 bits per heavy atom. The molecule has 0 bridgehead atoms. The van der Waals surface area contributed by atoms with E-state index in [1.807, 2.05) is 43.3 Å². The van der Waals surface area contributed by atoms with Crippen molar-refractivity contribution in [1.82, 2.24) is 5.32 Å². The molecule has 2 N–H and O–H groups in total. The number of rotatable bonds is 5. The highest BCUT2D eigenvalue weighted by atomic mass is 35.5. The summed E-state index contributed by atoms with van der Waals surface area (Å²) in [4.78, 5) is 25.1. The van der Waals surface area contributed by atoms with E-state index in [-0.39, 0.29) is 17.7 Å². The van der Waals surface area contributed by atoms with Gasteiger partial charge in [-0.15, -0.1) is 0 Å². The van der Waals surface area contributed by atoms with Gasteiger partial charge in [-0.25, -0.2) is 0 Å². The van der Waals surface area contributed by atoms with Gasteiger partial charge in [0.25, 0.3) is 5.91 Å². The van der Waals surface area contributed by atoms with Crippen molar-refractivity contribution in [2.24, 2.45) is 5.92 Å². The lowest BCUT2D eigenvalue weighted by Crippen LogP contribution is -2.37. The zero-order chi connectivity index (χ0) is 21.8. The van der Waals surface area contributed by atoms with Crippen molar-refractivity contribution in [3.8, 4) is 5.75 Å². The van der Waals surface area contributed by atoms with Gasteiger partial charge in [-0.1, -0.05) is 47.5 Å². The van der Waals surface area contributed by atoms with E-state index in [1.165, 1.54) is 5.56 Å². The van der Waals surface area contributed by atoms with E-state index in [4.69, 9.17) is 16.3 Å². The summed E-state index contributed by atoms with van der Waals surface area (Å²) < 4.78 is 5.79. The molecule has 1 heterocycles. The number of carbonyl (C=O) groups excluding carboxylic acids is 2. The fraction of sp³-hybridized carbons (Fsp3) is 0.200. The predicted molar refractivity (Wildman–Crippen MR) is 122 cm³/mol. The van der Waals surface area contributed by atoms with Crippen molar-refractivity contribution >= 4 is 29.1 Å². The van der Waals surface area contributed by atoms with Crippen LogP contribution in [0, 0.1) is 12.8 Å². The molecule has 0 radical (unpaired) electrons. The van der Waals surface area contributed by atoms with Crippen LogP contribution in [0.15, 0.2) is 66.7 Å². The van der Waals surface area contributed by atoms with Crippen LogP contribution in [0.5, 0.6) is 5.75 Å². The van der Waals surface area contributed by atoms with E-state index in [0.717, 1.165) is 16.9 Å². The second kappa shape index (κ2) is 9.23. The molecule has 1 aliphatic heterocycles. The molecule has 1 atom stereocenters. The average Bonchev–Trinajstić information content (AvgIpc) is 2.78. The molecule has 0 aliphatic carbocycles. The number of hydrogen-bond donors (Lipinski definition) is 2. The standard InChI is InChI=1S/C25H23ClN2O3/c1-16-5-7-17(8-6-16)14-27-24(29)20-11-19-13-22(9-10-23(19)31-15-20)28-25(30)18-3-2-4-21(26)12-18/h2-10,12-13,20H,11,14-15H2,1H3,(H,27,29)(H,28,30). The van der Waals surface area contributed by atoms with Crippen LogP contribution in [0.3, 0.4) is 0 Å². The molecule has 158 valence electrons. The van der Waals surface area contributed by atoms with E-state index in [0.29, 0.717) is 35.8 Å². The molecular weight excluding hydrogens is 412 g/mol. The minimum Gasteiger partial charge on any atom is -0.492 e. The van der Waals surface area contributed by atoms with Crippen molar-refractivity contribution in [2.45, 2.75) is 19.9 Å². The van der Waals surface area contributed by atoms with E-state index < -0.39 is 0 Å². The molecule has 0 saturated carbocycles. The maximum atomic E-state index is 12.7. The summed E-state index contributed by atoms with van der Waals surface area (Å²) in [5.74, 6) is 0.173. The van der Waals surface area contributed by atoms with Gasteiger partial charge in [0, 0.05) is 22.8 Å². The number of carbonyl (C=O) groups is 2. The zero-order valence-electron chi connectivity index (χ0n) is 17.2. The first-order valence-corrected chi connectivity index (χ1v) is 10.5. The van der Waals surface area contributed by atoms with Gasteiger partial charge in [0.15, 0.2) is 0 Å². The largest absolute Gasteiger partial charge is 0.492 e. The number of anilines is 1. The van der Waals surface area contributed by atoms with E-state index in [1.54, 1.807) is 30.3 Å². The normalized spacial score (nSPS) is 14.8. The molecule has 3 aromatic rings. The van der Waals surface area contributed by atoms with Crippen LogP contribution >= 0.6 is 11.6 Å². The Balaban J connectivity index is 1.39. The smallest absolute Gasteiger partial charge is 0.255 e. The number of amides is 2. The highest BCUT2D eigenvalue weighted by molar-refractivity contribution is 6.31. The van der Waals surface area contributed by atoms with Gasteiger partial charge < -0.3 is 15.4 Å². The molecule has 6 heteroatoms. The van der Waals surface area contributed by atoms with E-state index in [2.05, 4.69) is 10.6 Å². The van der Waals surface area contributed by atoms with Gasteiger partial charge >= 0.3 is 0 Å². The van der Waals surface area contributed by atoms with Crippen LogP contribution in [0.1, 0.15) is 27.0 Å². The summed E-state index contributed by atoms with van der Waals surface area (Å²) in [7, 11) is 0. The van der Waals surface area contributed by atoms with Gasteiger partial charge in [0.05, 0.1) is 5.92 Å². The van der Waals surface area contributed by atoms with E-state index >= 15 is 0 Å². The molecule has 1 unspecified atom stereocenters. The third-order valence-electron chi connectivity index (χ3n) is 5.27. The number of fused-ring (bicyclic) bond motifs is 1. The Morgan fingerprint density at radius 2 is 1.87 bits per heavy atom. The lowest BCUT2D eigenvalue weighted by Gasteiger charge is -2.25. The first-order valence-electron chi connectivity index (χ1n) is 10.1. The zero-order valence-corrected chi connectivity index (χ0v) is 17.9.